The van der Waals surface area contributed by atoms with E-state index in [4.69, 9.17) is 19.0 Å². The molecule has 10 nitrogen and oxygen atoms in total. The molecule has 66 heavy (non-hydrogen) atoms. The number of hydrogen-bond acceptors (Lipinski definition) is 10. The Balaban J connectivity index is 0.000000167. The number of nitrogens with zero attached hydrogens (tertiary/aromatic N) is 2. The molecule has 0 saturated carbocycles. The second-order valence-electron chi connectivity index (χ2n) is 16.0. The van der Waals surface area contributed by atoms with Crippen molar-refractivity contribution >= 4 is 37.1 Å². The van der Waals surface area contributed by atoms with Gasteiger partial charge in [-0.1, -0.05) is 121 Å². The molecule has 0 aromatic heterocycles. The number of nitriles is 1. The van der Waals surface area contributed by atoms with E-state index in [0.29, 0.717) is 44.7 Å². The molecular formula is C54H40N2O8P2. The summed E-state index contributed by atoms with van der Waals surface area (Å²) in [5, 5.41) is 27.7. The first-order valence-electron chi connectivity index (χ1n) is 20.9. The first kappa shape index (κ1) is 43.3. The highest BCUT2D eigenvalue weighted by atomic mass is 31.2. The number of aliphatic imine (C=N–C) groups is 1. The number of aromatic hydroxyl groups is 2. The lowest BCUT2D eigenvalue weighted by molar-refractivity contribution is 0.460. The second kappa shape index (κ2) is 17.2. The summed E-state index contributed by atoms with van der Waals surface area (Å²) in [5.74, 6) is 1.76. The van der Waals surface area contributed by atoms with Crippen molar-refractivity contribution in [2.45, 2.75) is 24.2 Å². The number of hydrogen-bond donors (Lipinski definition) is 2. The number of para-hydroxylation sites is 2. The van der Waals surface area contributed by atoms with E-state index in [1.54, 1.807) is 109 Å². The molecule has 2 aliphatic rings. The molecule has 0 fully saturated rings. The van der Waals surface area contributed by atoms with Crippen LogP contribution < -0.4 is 24.4 Å². The Hall–Kier alpha value is -7.91. The number of isocyanates is 1. The first-order valence-corrected chi connectivity index (χ1v) is 24.1. The molecule has 8 aromatic carbocycles. The largest absolute Gasteiger partial charge is 0.508 e. The van der Waals surface area contributed by atoms with Crippen molar-refractivity contribution in [3.63, 3.8) is 0 Å². The van der Waals surface area contributed by atoms with Crippen molar-refractivity contribution in [1.29, 1.82) is 5.26 Å². The van der Waals surface area contributed by atoms with Crippen LogP contribution in [0.4, 0.5) is 5.69 Å². The summed E-state index contributed by atoms with van der Waals surface area (Å²) in [4.78, 5) is 14.4. The van der Waals surface area contributed by atoms with Crippen LogP contribution in [0, 0.1) is 11.5 Å². The van der Waals surface area contributed by atoms with Crippen LogP contribution in [-0.4, -0.2) is 16.3 Å². The summed E-state index contributed by atoms with van der Waals surface area (Å²) in [5.41, 5.74) is 6.89. The molecule has 0 saturated heterocycles. The summed E-state index contributed by atoms with van der Waals surface area (Å²) in [6, 6.07) is 57.7. The minimum absolute atomic E-state index is 0.130. The van der Waals surface area contributed by atoms with Crippen molar-refractivity contribution in [3.05, 3.63) is 216 Å². The van der Waals surface area contributed by atoms with Gasteiger partial charge in [0.2, 0.25) is 6.08 Å². The maximum Gasteiger partial charge on any atom is 0.292 e. The Kier molecular flexibility index (Phi) is 11.3. The van der Waals surface area contributed by atoms with Gasteiger partial charge in [-0.2, -0.15) is 4.99 Å². The summed E-state index contributed by atoms with van der Waals surface area (Å²) in [6.45, 7) is 3.79. The standard InChI is InChI=1S/C28H19N2O4P.C26H21O4P/c1-28(20-10-14-22(15-11-20)30-19-31,21-12-16-23(17-13-21)33-18-29)35(32)27-9-5-3-7-25(27)24-6-2-4-8-26(24)34-35;1-26(18-10-14-20(27)15-11-18,19-12-16-21(28)17-13-19)31(29)25-9-5-3-7-23(25)22-6-2-4-8-24(22)30-31/h2-17H,1H3;2-17,27-28H,1H3. The smallest absolute Gasteiger partial charge is 0.292 e. The topological polar surface area (TPSA) is 156 Å². The highest BCUT2D eigenvalue weighted by molar-refractivity contribution is 7.69. The lowest BCUT2D eigenvalue weighted by Gasteiger charge is -2.41. The molecule has 0 radical (unpaired) electrons. The molecule has 0 amide bonds. The van der Waals surface area contributed by atoms with Gasteiger partial charge < -0.3 is 24.0 Å². The van der Waals surface area contributed by atoms with Crippen LogP contribution in [0.25, 0.3) is 22.3 Å². The van der Waals surface area contributed by atoms with E-state index in [1.165, 1.54) is 0 Å². The van der Waals surface area contributed by atoms with E-state index >= 15 is 9.13 Å². The van der Waals surface area contributed by atoms with Crippen molar-refractivity contribution in [3.8, 4) is 57.3 Å². The number of phenols is 2. The van der Waals surface area contributed by atoms with Crippen molar-refractivity contribution in [1.82, 2.24) is 0 Å². The maximum absolute atomic E-state index is 15.3. The Labute approximate surface area is 381 Å². The van der Waals surface area contributed by atoms with E-state index in [1.807, 2.05) is 111 Å². The Bertz CT molecular complexity index is 3260. The van der Waals surface area contributed by atoms with Crippen LogP contribution in [0.2, 0.25) is 0 Å². The fourth-order valence-corrected chi connectivity index (χ4v) is 14.8. The Morgan fingerprint density at radius 2 is 0.848 bits per heavy atom. The van der Waals surface area contributed by atoms with E-state index in [0.717, 1.165) is 33.4 Å². The number of phenolic OH excluding ortho intramolecular Hbond substituents is 2. The van der Waals surface area contributed by atoms with E-state index < -0.39 is 25.0 Å². The van der Waals surface area contributed by atoms with Crippen molar-refractivity contribution < 1.29 is 37.9 Å². The molecule has 0 bridgehead atoms. The van der Waals surface area contributed by atoms with E-state index in [9.17, 15) is 15.0 Å². The molecular weight excluding hydrogens is 867 g/mol. The Morgan fingerprint density at radius 1 is 0.500 bits per heavy atom. The number of rotatable bonds is 8. The highest BCUT2D eigenvalue weighted by Crippen LogP contribution is 2.70. The van der Waals surface area contributed by atoms with Gasteiger partial charge >= 0.3 is 0 Å². The highest BCUT2D eigenvalue weighted by Gasteiger charge is 2.55. The minimum Gasteiger partial charge on any atom is -0.508 e. The van der Waals surface area contributed by atoms with Gasteiger partial charge in [0.05, 0.1) is 16.3 Å². The zero-order valence-electron chi connectivity index (χ0n) is 35.6. The molecule has 0 aliphatic carbocycles. The lowest BCUT2D eigenvalue weighted by Crippen LogP contribution is -2.34. The van der Waals surface area contributed by atoms with E-state index in [2.05, 4.69) is 4.99 Å². The molecule has 8 aromatic rings. The van der Waals surface area contributed by atoms with Crippen LogP contribution in [0.15, 0.2) is 199 Å². The van der Waals surface area contributed by atoms with Gasteiger partial charge in [-0.05, 0) is 120 Å². The van der Waals surface area contributed by atoms with Crippen LogP contribution >= 0.6 is 14.7 Å². The molecule has 2 aliphatic heterocycles. The third-order valence-corrected chi connectivity index (χ3v) is 18.8. The molecule has 324 valence electrons. The predicted octanol–water partition coefficient (Wildman–Crippen LogP) is 12.5. The number of fused-ring (bicyclic) bond motifs is 6. The molecule has 12 heteroatoms. The van der Waals surface area contributed by atoms with Crippen LogP contribution in [-0.2, 0) is 24.2 Å². The molecule has 2 N–H and O–H groups in total. The number of ether oxygens (including phenoxy) is 1. The zero-order chi connectivity index (χ0) is 46.1. The molecule has 0 spiro atoms. The number of benzene rings is 8. The first-order chi connectivity index (χ1) is 31.9. The van der Waals surface area contributed by atoms with Gasteiger partial charge in [-0.25, -0.2) is 4.79 Å². The lowest BCUT2D eigenvalue weighted by atomic mass is 9.91. The fourth-order valence-electron chi connectivity index (χ4n) is 8.89. The summed E-state index contributed by atoms with van der Waals surface area (Å²) in [6.07, 6.45) is 3.21. The van der Waals surface area contributed by atoms with Crippen LogP contribution in [0.3, 0.4) is 0 Å². The SMILES string of the molecule is CC(c1ccc(N=C=O)cc1)(c1ccc(OC#N)cc1)P1(=O)Oc2ccccc2-c2ccccc21.CC(c1ccc(O)cc1)(c1ccc(O)cc1)P1(=O)Oc2ccccc2-c2ccccc21. The third kappa shape index (κ3) is 7.17. The monoisotopic (exact) mass is 906 g/mol. The van der Waals surface area contributed by atoms with Crippen LogP contribution in [0.5, 0.6) is 28.7 Å². The molecule has 10 rings (SSSR count). The van der Waals surface area contributed by atoms with Gasteiger partial charge in [-0.15, -0.1) is 5.26 Å². The van der Waals surface area contributed by atoms with Crippen molar-refractivity contribution in [2.75, 3.05) is 0 Å². The van der Waals surface area contributed by atoms with Gasteiger partial charge in [-0.3, -0.25) is 9.13 Å². The van der Waals surface area contributed by atoms with Crippen molar-refractivity contribution in [2.24, 2.45) is 4.99 Å². The minimum atomic E-state index is -3.68. The molecule has 2 heterocycles. The number of carbonyl (C=O) groups excluding carboxylic acids is 1. The van der Waals surface area contributed by atoms with Gasteiger partial charge in [0.15, 0.2) is 0 Å². The predicted molar refractivity (Wildman–Crippen MR) is 256 cm³/mol. The summed E-state index contributed by atoms with van der Waals surface area (Å²) >= 11 is 0. The Morgan fingerprint density at radius 3 is 1.24 bits per heavy atom. The zero-order valence-corrected chi connectivity index (χ0v) is 37.4. The van der Waals surface area contributed by atoms with Gasteiger partial charge in [0.1, 0.15) is 39.1 Å². The summed E-state index contributed by atoms with van der Waals surface area (Å²) < 4.78 is 48.2. The quantitative estimate of drug-likeness (QED) is 0.0656. The fraction of sp³-hybridized carbons (Fsp3) is 0.0741. The molecule has 3 unspecified atom stereocenters. The molecule has 3 atom stereocenters. The second-order valence-corrected chi connectivity index (χ2v) is 21.3. The average molecular weight is 907 g/mol. The summed E-state index contributed by atoms with van der Waals surface area (Å²) in [7, 11) is -7.27. The normalized spacial score (nSPS) is 17.3. The van der Waals surface area contributed by atoms with Gasteiger partial charge in [0.25, 0.3) is 21.0 Å². The maximum atomic E-state index is 15.3. The van der Waals surface area contributed by atoms with E-state index in [-0.39, 0.29) is 11.5 Å². The van der Waals surface area contributed by atoms with Gasteiger partial charge in [0, 0.05) is 11.1 Å². The average Bonchev–Trinajstić information content (AvgIpc) is 3.35. The van der Waals surface area contributed by atoms with Crippen LogP contribution in [0.1, 0.15) is 36.1 Å². The third-order valence-electron chi connectivity index (χ3n) is 12.5.